The third-order valence-electron chi connectivity index (χ3n) is 0.872. The molecule has 4 heteroatoms. The molecule has 0 saturated carbocycles. The van der Waals surface area contributed by atoms with E-state index in [4.69, 9.17) is 0 Å². The molecule has 0 aliphatic carbocycles. The molecule has 0 radical (unpaired) electrons. The molecule has 1 nitrogen and oxygen atoms in total. The second-order valence-electron chi connectivity index (χ2n) is 1.59. The molecule has 0 saturated heterocycles. The number of thioether (sulfide) groups is 1. The molecule has 48 valence electrons. The van der Waals surface area contributed by atoms with Crippen molar-refractivity contribution in [2.24, 2.45) is 0 Å². The van der Waals surface area contributed by atoms with Gasteiger partial charge in [0.25, 0.3) is 0 Å². The maximum absolute atomic E-state index is 10.2. The molecule has 0 aromatic heterocycles. The standard InChI is InChI=1S/C5H10OS2.Na/c1-3-4(2)8-5(6)7;/h4H,3H2,1-2H3,(H,6,7);/q;+1/p-1. The van der Waals surface area contributed by atoms with Crippen LogP contribution in [0.5, 0.6) is 0 Å². The zero-order chi connectivity index (χ0) is 6.57. The van der Waals surface area contributed by atoms with Crippen LogP contribution in [0.2, 0.25) is 0 Å². The number of hydrogen-bond acceptors (Lipinski definition) is 3. The predicted molar refractivity (Wildman–Crippen MR) is 39.9 cm³/mol. The summed E-state index contributed by atoms with van der Waals surface area (Å²) in [7, 11) is 0. The summed E-state index contributed by atoms with van der Waals surface area (Å²) in [6, 6.07) is 0. The smallest absolute Gasteiger partial charge is 0.860 e. The number of thiocarbonyl (C=S) groups is 1. The van der Waals surface area contributed by atoms with Crippen molar-refractivity contribution in [1.29, 1.82) is 0 Å². The van der Waals surface area contributed by atoms with Gasteiger partial charge < -0.3 is 5.11 Å². The Labute approximate surface area is 87.9 Å². The van der Waals surface area contributed by atoms with Gasteiger partial charge in [0.05, 0.1) is 0 Å². The minimum atomic E-state index is -0.195. The fourth-order valence-electron chi connectivity index (χ4n) is 0.248. The van der Waals surface area contributed by atoms with E-state index in [0.29, 0.717) is 5.25 Å². The Hall–Kier alpha value is 1.24. The third kappa shape index (κ3) is 9.24. The van der Waals surface area contributed by atoms with Gasteiger partial charge in [-0.25, -0.2) is 0 Å². The molecule has 0 rings (SSSR count). The monoisotopic (exact) mass is 172 g/mol. The van der Waals surface area contributed by atoms with Crippen molar-refractivity contribution in [1.82, 2.24) is 0 Å². The van der Waals surface area contributed by atoms with Gasteiger partial charge in [0.2, 0.25) is 0 Å². The Bertz CT molecular complexity index is 87.0. The molecule has 0 aromatic rings. The normalized spacial score (nSPS) is 11.8. The van der Waals surface area contributed by atoms with Crippen LogP contribution in [-0.2, 0) is 0 Å². The average molecular weight is 172 g/mol. The summed E-state index contributed by atoms with van der Waals surface area (Å²) in [6.07, 6.45) is 1.01. The maximum atomic E-state index is 10.2. The van der Waals surface area contributed by atoms with Crippen LogP contribution < -0.4 is 34.7 Å². The molecule has 0 amide bonds. The average Bonchev–Trinajstić information content (AvgIpc) is 1.65. The quantitative estimate of drug-likeness (QED) is 0.361. The second kappa shape index (κ2) is 7.35. The zero-order valence-corrected chi connectivity index (χ0v) is 9.64. The second-order valence-corrected chi connectivity index (χ2v) is 3.63. The summed E-state index contributed by atoms with van der Waals surface area (Å²) >= 11 is 5.58. The number of rotatable bonds is 2. The predicted octanol–water partition coefficient (Wildman–Crippen LogP) is -1.83. The minimum Gasteiger partial charge on any atom is -0.860 e. The summed E-state index contributed by atoms with van der Waals surface area (Å²) in [5.74, 6) is 0. The van der Waals surface area contributed by atoms with Gasteiger partial charge in [-0.05, 0) is 10.8 Å². The molecule has 0 aromatic carbocycles. The minimum absolute atomic E-state index is 0. The molecular weight excluding hydrogens is 163 g/mol. The zero-order valence-electron chi connectivity index (χ0n) is 6.01. The van der Waals surface area contributed by atoms with E-state index < -0.39 is 0 Å². The van der Waals surface area contributed by atoms with E-state index >= 15 is 0 Å². The van der Waals surface area contributed by atoms with Crippen LogP contribution >= 0.6 is 24.0 Å². The van der Waals surface area contributed by atoms with E-state index in [0.717, 1.165) is 6.42 Å². The third-order valence-corrected chi connectivity index (χ3v) is 2.09. The van der Waals surface area contributed by atoms with Gasteiger partial charge in [0, 0.05) is 5.25 Å². The topological polar surface area (TPSA) is 23.1 Å². The van der Waals surface area contributed by atoms with E-state index in [9.17, 15) is 5.11 Å². The molecule has 0 heterocycles. The van der Waals surface area contributed by atoms with E-state index in [1.54, 1.807) is 0 Å². The van der Waals surface area contributed by atoms with Crippen LogP contribution in [0.3, 0.4) is 0 Å². The van der Waals surface area contributed by atoms with Gasteiger partial charge in [-0.3, -0.25) is 0 Å². The molecule has 1 unspecified atom stereocenters. The van der Waals surface area contributed by atoms with Crippen LogP contribution in [0, 0.1) is 0 Å². The van der Waals surface area contributed by atoms with Crippen molar-refractivity contribution in [2.45, 2.75) is 25.5 Å². The molecule has 0 fully saturated rings. The summed E-state index contributed by atoms with van der Waals surface area (Å²) in [5.41, 5.74) is 0. The van der Waals surface area contributed by atoms with Crippen molar-refractivity contribution in [3.05, 3.63) is 0 Å². The van der Waals surface area contributed by atoms with Gasteiger partial charge in [0.1, 0.15) is 0 Å². The van der Waals surface area contributed by atoms with E-state index in [1.165, 1.54) is 11.8 Å². The molecule has 0 aliphatic rings. The van der Waals surface area contributed by atoms with Crippen molar-refractivity contribution < 1.29 is 34.7 Å². The molecule has 0 N–H and O–H groups in total. The van der Waals surface area contributed by atoms with Crippen LogP contribution in [0.25, 0.3) is 0 Å². The van der Waals surface area contributed by atoms with Gasteiger partial charge in [-0.1, -0.05) is 26.1 Å². The fraction of sp³-hybridized carbons (Fsp3) is 0.800. The van der Waals surface area contributed by atoms with Gasteiger partial charge in [0.15, 0.2) is 0 Å². The maximum Gasteiger partial charge on any atom is 1.00 e. The van der Waals surface area contributed by atoms with Gasteiger partial charge in [-0.2, -0.15) is 0 Å². The van der Waals surface area contributed by atoms with Crippen molar-refractivity contribution in [3.63, 3.8) is 0 Å². The Balaban J connectivity index is 0. The first-order chi connectivity index (χ1) is 3.66. The van der Waals surface area contributed by atoms with Gasteiger partial charge in [-0.15, -0.1) is 11.8 Å². The van der Waals surface area contributed by atoms with Gasteiger partial charge >= 0.3 is 29.6 Å². The van der Waals surface area contributed by atoms with Crippen molar-refractivity contribution in [2.75, 3.05) is 0 Å². The Morgan fingerprint density at radius 2 is 2.22 bits per heavy atom. The SMILES string of the molecule is CCC(C)SC([O-])=S.[Na+]. The molecule has 0 aliphatic heterocycles. The summed E-state index contributed by atoms with van der Waals surface area (Å²) in [4.78, 5) is 0. The number of hydrogen-bond donors (Lipinski definition) is 0. The largest absolute Gasteiger partial charge is 1.00 e. The van der Waals surface area contributed by atoms with Crippen molar-refractivity contribution in [3.8, 4) is 0 Å². The summed E-state index contributed by atoms with van der Waals surface area (Å²) in [5, 5.41) is 10.6. The molecule has 1 atom stereocenters. The fourth-order valence-corrected chi connectivity index (χ4v) is 1.24. The first-order valence-corrected chi connectivity index (χ1v) is 3.83. The van der Waals surface area contributed by atoms with Crippen LogP contribution in [0.4, 0.5) is 0 Å². The van der Waals surface area contributed by atoms with Crippen LogP contribution in [0.15, 0.2) is 0 Å². The molecule has 0 bridgehead atoms. The molecular formula is C5H9NaOS2. The molecule has 0 spiro atoms. The summed E-state index contributed by atoms with van der Waals surface area (Å²) in [6.45, 7) is 4.03. The Kier molecular flexibility index (Phi) is 10.5. The van der Waals surface area contributed by atoms with E-state index in [2.05, 4.69) is 12.2 Å². The van der Waals surface area contributed by atoms with Crippen LogP contribution in [0.1, 0.15) is 20.3 Å². The van der Waals surface area contributed by atoms with Crippen molar-refractivity contribution >= 4 is 28.4 Å². The Morgan fingerprint density at radius 3 is 2.33 bits per heavy atom. The van der Waals surface area contributed by atoms with E-state index in [-0.39, 0.29) is 33.9 Å². The molecule has 9 heavy (non-hydrogen) atoms. The Morgan fingerprint density at radius 1 is 1.78 bits per heavy atom. The van der Waals surface area contributed by atoms with Crippen LogP contribution in [-0.4, -0.2) is 9.63 Å². The van der Waals surface area contributed by atoms with E-state index in [1.807, 2.05) is 13.8 Å². The summed E-state index contributed by atoms with van der Waals surface area (Å²) < 4.78 is -0.195. The first-order valence-electron chi connectivity index (χ1n) is 2.54. The first kappa shape index (κ1) is 12.9.